The van der Waals surface area contributed by atoms with Crippen molar-refractivity contribution in [1.82, 2.24) is 10.5 Å². The monoisotopic (exact) mass is 168 g/mol. The summed E-state index contributed by atoms with van der Waals surface area (Å²) in [6, 6.07) is 4.68. The molecule has 0 saturated carbocycles. The van der Waals surface area contributed by atoms with E-state index in [1.54, 1.807) is 12.1 Å². The van der Waals surface area contributed by atoms with Gasteiger partial charge in [-0.15, -0.1) is 0 Å². The zero-order valence-electron chi connectivity index (χ0n) is 6.44. The Labute approximate surface area is 69.0 Å². The molecule has 0 fully saturated rings. The number of hydrogen-bond donors (Lipinski definition) is 2. The number of rotatable bonds is 2. The Kier molecular flexibility index (Phi) is 2.60. The lowest BCUT2D eigenvalue weighted by Gasteiger charge is -2.00. The summed E-state index contributed by atoms with van der Waals surface area (Å²) in [5.41, 5.74) is 1.58. The van der Waals surface area contributed by atoms with Crippen LogP contribution >= 0.6 is 0 Å². The van der Waals surface area contributed by atoms with Crippen molar-refractivity contribution in [3.8, 4) is 5.88 Å². The van der Waals surface area contributed by atoms with E-state index in [0.717, 1.165) is 0 Å². The average Bonchev–Trinajstić information content (AvgIpc) is 2.17. The molecule has 0 atom stereocenters. The lowest BCUT2D eigenvalue weighted by atomic mass is 10.3. The van der Waals surface area contributed by atoms with Crippen molar-refractivity contribution in [2.75, 3.05) is 7.11 Å². The highest BCUT2D eigenvalue weighted by Gasteiger charge is 2.05. The minimum Gasteiger partial charge on any atom is -0.481 e. The predicted octanol–water partition coefficient (Wildman–Crippen LogP) is 0.209. The second kappa shape index (κ2) is 3.68. The molecule has 0 aliphatic rings. The molecule has 0 aromatic carbocycles. The summed E-state index contributed by atoms with van der Waals surface area (Å²) in [6.07, 6.45) is 0. The Balaban J connectivity index is 2.93. The SMILES string of the molecule is COc1cccc(C(=O)NO)n1. The number of nitrogens with one attached hydrogen (secondary N) is 1. The fourth-order valence-corrected chi connectivity index (χ4v) is 0.712. The van der Waals surface area contributed by atoms with Crippen LogP contribution in [0.1, 0.15) is 10.5 Å². The van der Waals surface area contributed by atoms with Crippen molar-refractivity contribution in [3.05, 3.63) is 23.9 Å². The summed E-state index contributed by atoms with van der Waals surface area (Å²) in [5.74, 6) is -0.329. The Hall–Kier alpha value is -1.62. The molecule has 0 saturated heterocycles. The van der Waals surface area contributed by atoms with E-state index in [-0.39, 0.29) is 5.69 Å². The van der Waals surface area contributed by atoms with Gasteiger partial charge in [-0.25, -0.2) is 10.5 Å². The quantitative estimate of drug-likeness (QED) is 0.489. The third-order valence-electron chi connectivity index (χ3n) is 1.27. The van der Waals surface area contributed by atoms with Gasteiger partial charge in [0, 0.05) is 6.07 Å². The molecule has 0 bridgehead atoms. The summed E-state index contributed by atoms with van der Waals surface area (Å²) in [7, 11) is 1.45. The molecule has 1 aromatic rings. The first-order valence-corrected chi connectivity index (χ1v) is 3.23. The number of hydrogen-bond acceptors (Lipinski definition) is 4. The van der Waals surface area contributed by atoms with Crippen LogP contribution in [-0.4, -0.2) is 23.2 Å². The van der Waals surface area contributed by atoms with Gasteiger partial charge < -0.3 is 4.74 Å². The molecular formula is C7H8N2O3. The molecule has 1 aromatic heterocycles. The van der Waals surface area contributed by atoms with Crippen molar-refractivity contribution >= 4 is 5.91 Å². The highest BCUT2D eigenvalue weighted by Crippen LogP contribution is 2.05. The molecule has 1 amide bonds. The van der Waals surface area contributed by atoms with E-state index >= 15 is 0 Å². The van der Waals surface area contributed by atoms with Crippen LogP contribution in [0.15, 0.2) is 18.2 Å². The third kappa shape index (κ3) is 1.70. The molecule has 5 heteroatoms. The van der Waals surface area contributed by atoms with Crippen molar-refractivity contribution < 1.29 is 14.7 Å². The summed E-state index contributed by atoms with van der Waals surface area (Å²) < 4.78 is 4.78. The van der Waals surface area contributed by atoms with E-state index in [0.29, 0.717) is 5.88 Å². The van der Waals surface area contributed by atoms with Crippen LogP contribution in [0.2, 0.25) is 0 Å². The Morgan fingerprint density at radius 2 is 2.42 bits per heavy atom. The van der Waals surface area contributed by atoms with Crippen LogP contribution in [0.3, 0.4) is 0 Å². The maximum absolute atomic E-state index is 10.8. The van der Waals surface area contributed by atoms with Crippen LogP contribution in [-0.2, 0) is 0 Å². The van der Waals surface area contributed by atoms with Crippen molar-refractivity contribution in [2.24, 2.45) is 0 Å². The molecule has 1 heterocycles. The van der Waals surface area contributed by atoms with Gasteiger partial charge in [-0.2, -0.15) is 0 Å². The standard InChI is InChI=1S/C7H8N2O3/c1-12-6-4-2-3-5(8-6)7(10)9-11/h2-4,11H,1H3,(H,9,10). The number of pyridine rings is 1. The topological polar surface area (TPSA) is 71.5 Å². The molecule has 12 heavy (non-hydrogen) atoms. The predicted molar refractivity (Wildman–Crippen MR) is 40.0 cm³/mol. The average molecular weight is 168 g/mol. The number of carbonyl (C=O) groups excluding carboxylic acids is 1. The highest BCUT2D eigenvalue weighted by atomic mass is 16.5. The molecule has 1 rings (SSSR count). The van der Waals surface area contributed by atoms with Gasteiger partial charge >= 0.3 is 0 Å². The van der Waals surface area contributed by atoms with E-state index in [2.05, 4.69) is 4.98 Å². The van der Waals surface area contributed by atoms with Crippen LogP contribution in [0.5, 0.6) is 5.88 Å². The van der Waals surface area contributed by atoms with Gasteiger partial charge in [-0.05, 0) is 6.07 Å². The van der Waals surface area contributed by atoms with Gasteiger partial charge in [-0.3, -0.25) is 10.0 Å². The molecular weight excluding hydrogens is 160 g/mol. The molecule has 0 aliphatic heterocycles. The minimum absolute atomic E-state index is 0.108. The van der Waals surface area contributed by atoms with Crippen LogP contribution < -0.4 is 10.2 Å². The van der Waals surface area contributed by atoms with Gasteiger partial charge in [0.05, 0.1) is 7.11 Å². The summed E-state index contributed by atoms with van der Waals surface area (Å²) >= 11 is 0. The molecule has 64 valence electrons. The minimum atomic E-state index is -0.658. The highest BCUT2D eigenvalue weighted by molar-refractivity contribution is 5.91. The first-order chi connectivity index (χ1) is 5.77. The van der Waals surface area contributed by atoms with E-state index in [4.69, 9.17) is 9.94 Å². The molecule has 0 radical (unpaired) electrons. The van der Waals surface area contributed by atoms with Gasteiger partial charge in [-0.1, -0.05) is 6.07 Å². The van der Waals surface area contributed by atoms with Crippen LogP contribution in [0, 0.1) is 0 Å². The van der Waals surface area contributed by atoms with E-state index < -0.39 is 5.91 Å². The fraction of sp³-hybridized carbons (Fsp3) is 0.143. The molecule has 0 spiro atoms. The Bertz CT molecular complexity index is 288. The molecule has 0 unspecified atom stereocenters. The zero-order valence-corrected chi connectivity index (χ0v) is 6.44. The smallest absolute Gasteiger partial charge is 0.293 e. The first-order valence-electron chi connectivity index (χ1n) is 3.23. The van der Waals surface area contributed by atoms with Gasteiger partial charge in [0.2, 0.25) is 5.88 Å². The van der Waals surface area contributed by atoms with Crippen LogP contribution in [0.4, 0.5) is 0 Å². The molecule has 5 nitrogen and oxygen atoms in total. The molecule has 2 N–H and O–H groups in total. The lowest BCUT2D eigenvalue weighted by Crippen LogP contribution is -2.19. The fourth-order valence-electron chi connectivity index (χ4n) is 0.712. The third-order valence-corrected chi connectivity index (χ3v) is 1.27. The number of ether oxygens (including phenoxy) is 1. The summed E-state index contributed by atoms with van der Waals surface area (Å²) in [4.78, 5) is 14.6. The maximum Gasteiger partial charge on any atom is 0.293 e. The summed E-state index contributed by atoms with van der Waals surface area (Å²) in [6.45, 7) is 0. The van der Waals surface area contributed by atoms with Crippen molar-refractivity contribution in [1.29, 1.82) is 0 Å². The largest absolute Gasteiger partial charge is 0.481 e. The van der Waals surface area contributed by atoms with Crippen molar-refractivity contribution in [3.63, 3.8) is 0 Å². The van der Waals surface area contributed by atoms with Gasteiger partial charge in [0.1, 0.15) is 5.69 Å². The number of hydroxylamine groups is 1. The van der Waals surface area contributed by atoms with Crippen molar-refractivity contribution in [2.45, 2.75) is 0 Å². The number of aromatic nitrogens is 1. The Morgan fingerprint density at radius 1 is 1.67 bits per heavy atom. The maximum atomic E-state index is 10.8. The lowest BCUT2D eigenvalue weighted by molar-refractivity contribution is 0.0700. The second-order valence-electron chi connectivity index (χ2n) is 2.01. The number of carbonyl (C=O) groups is 1. The second-order valence-corrected chi connectivity index (χ2v) is 2.01. The van der Waals surface area contributed by atoms with Gasteiger partial charge in [0.15, 0.2) is 0 Å². The number of amides is 1. The summed E-state index contributed by atoms with van der Waals surface area (Å²) in [5, 5.41) is 8.27. The van der Waals surface area contributed by atoms with Crippen LogP contribution in [0.25, 0.3) is 0 Å². The normalized spacial score (nSPS) is 9.17. The van der Waals surface area contributed by atoms with E-state index in [1.807, 2.05) is 0 Å². The first kappa shape index (κ1) is 8.48. The number of methoxy groups -OCH3 is 1. The van der Waals surface area contributed by atoms with E-state index in [1.165, 1.54) is 18.7 Å². The van der Waals surface area contributed by atoms with E-state index in [9.17, 15) is 4.79 Å². The van der Waals surface area contributed by atoms with Gasteiger partial charge in [0.25, 0.3) is 5.91 Å². The number of nitrogens with zero attached hydrogens (tertiary/aromatic N) is 1. The molecule has 0 aliphatic carbocycles. The Morgan fingerprint density at radius 3 is 3.00 bits per heavy atom. The zero-order chi connectivity index (χ0) is 8.97.